The Bertz CT molecular complexity index is 215. The summed E-state index contributed by atoms with van der Waals surface area (Å²) in [6, 6.07) is 8.25. The molecule has 2 heteroatoms. The molecule has 0 amide bonds. The molecule has 1 aliphatic heterocycles. The molecule has 0 aromatic heterocycles. The van der Waals surface area contributed by atoms with E-state index in [0.717, 1.165) is 13.1 Å². The summed E-state index contributed by atoms with van der Waals surface area (Å²) in [5, 5.41) is 6.60. The SMILES string of the molecule is [HH].[HH].c1ccc2c(c1)NCCN2. The third kappa shape index (κ3) is 0.817. The zero-order valence-electron chi connectivity index (χ0n) is 5.72. The van der Waals surface area contributed by atoms with Crippen LogP contribution in [0, 0.1) is 0 Å². The lowest BCUT2D eigenvalue weighted by molar-refractivity contribution is 1.05. The predicted octanol–water partition coefficient (Wildman–Crippen LogP) is 2.02. The van der Waals surface area contributed by atoms with Crippen LogP contribution >= 0.6 is 0 Å². The van der Waals surface area contributed by atoms with Gasteiger partial charge < -0.3 is 10.6 Å². The number of hydrogen-bond acceptors (Lipinski definition) is 2. The van der Waals surface area contributed by atoms with Crippen molar-refractivity contribution in [3.63, 3.8) is 0 Å². The van der Waals surface area contributed by atoms with Gasteiger partial charge in [-0.15, -0.1) is 0 Å². The van der Waals surface area contributed by atoms with Crippen molar-refractivity contribution in [2.24, 2.45) is 0 Å². The van der Waals surface area contributed by atoms with Gasteiger partial charge in [0.05, 0.1) is 11.4 Å². The Balaban J connectivity index is 0.000000605. The number of para-hydroxylation sites is 2. The average molecular weight is 138 g/mol. The number of benzene rings is 1. The molecule has 10 heavy (non-hydrogen) atoms. The summed E-state index contributed by atoms with van der Waals surface area (Å²) < 4.78 is 0. The van der Waals surface area contributed by atoms with Gasteiger partial charge in [0.25, 0.3) is 0 Å². The molecule has 2 N–H and O–H groups in total. The molecule has 2 nitrogen and oxygen atoms in total. The van der Waals surface area contributed by atoms with E-state index >= 15 is 0 Å². The topological polar surface area (TPSA) is 24.1 Å². The standard InChI is InChI=1S/C8H10N2.2H2/c1-2-4-8-7(3-1)9-5-6-10-8;;/h1-4,9-10H,5-6H2;2*1H. The second-order valence-electron chi connectivity index (χ2n) is 2.40. The Morgan fingerprint density at radius 2 is 1.50 bits per heavy atom. The highest BCUT2D eigenvalue weighted by molar-refractivity contribution is 5.70. The molecule has 0 radical (unpaired) electrons. The van der Waals surface area contributed by atoms with E-state index in [1.807, 2.05) is 12.1 Å². The van der Waals surface area contributed by atoms with E-state index in [0.29, 0.717) is 0 Å². The summed E-state index contributed by atoms with van der Waals surface area (Å²) in [6.07, 6.45) is 0. The Morgan fingerprint density at radius 1 is 1.00 bits per heavy atom. The Labute approximate surface area is 63.2 Å². The lowest BCUT2D eigenvalue weighted by atomic mass is 10.2. The number of anilines is 2. The average Bonchev–Trinajstić information content (AvgIpc) is 2.05. The van der Waals surface area contributed by atoms with Crippen molar-refractivity contribution in [3.05, 3.63) is 24.3 Å². The van der Waals surface area contributed by atoms with Crippen molar-refractivity contribution in [2.75, 3.05) is 23.7 Å². The quantitative estimate of drug-likeness (QED) is 0.573. The van der Waals surface area contributed by atoms with Gasteiger partial charge in [-0.3, -0.25) is 0 Å². The maximum atomic E-state index is 3.30. The Morgan fingerprint density at radius 3 is 2.00 bits per heavy atom. The second kappa shape index (κ2) is 2.21. The molecule has 2 rings (SSSR count). The van der Waals surface area contributed by atoms with Crippen LogP contribution in [0.25, 0.3) is 0 Å². The fourth-order valence-electron chi connectivity index (χ4n) is 1.19. The largest absolute Gasteiger partial charge is 0.382 e. The van der Waals surface area contributed by atoms with E-state index in [4.69, 9.17) is 0 Å². The minimum absolute atomic E-state index is 0. The zero-order valence-corrected chi connectivity index (χ0v) is 5.72. The Kier molecular flexibility index (Phi) is 1.24. The van der Waals surface area contributed by atoms with Gasteiger partial charge in [0.1, 0.15) is 0 Å². The van der Waals surface area contributed by atoms with Crippen LogP contribution in [-0.2, 0) is 0 Å². The monoisotopic (exact) mass is 138 g/mol. The fourth-order valence-corrected chi connectivity index (χ4v) is 1.19. The molecule has 0 unspecified atom stereocenters. The lowest BCUT2D eigenvalue weighted by Gasteiger charge is -2.18. The molecule has 0 fully saturated rings. The van der Waals surface area contributed by atoms with Gasteiger partial charge in [-0.25, -0.2) is 0 Å². The predicted molar refractivity (Wildman–Crippen MR) is 47.6 cm³/mol. The Hall–Kier alpha value is -1.18. The van der Waals surface area contributed by atoms with Crippen LogP contribution in [-0.4, -0.2) is 13.1 Å². The first-order valence-corrected chi connectivity index (χ1v) is 3.53. The first-order valence-electron chi connectivity index (χ1n) is 3.53. The van der Waals surface area contributed by atoms with Gasteiger partial charge in [-0.1, -0.05) is 12.1 Å². The summed E-state index contributed by atoms with van der Waals surface area (Å²) in [7, 11) is 0. The van der Waals surface area contributed by atoms with Crippen LogP contribution in [0.2, 0.25) is 0 Å². The third-order valence-electron chi connectivity index (χ3n) is 1.68. The molecular weight excluding hydrogens is 124 g/mol. The molecule has 1 aromatic carbocycles. The molecule has 0 saturated heterocycles. The second-order valence-corrected chi connectivity index (χ2v) is 2.40. The van der Waals surface area contributed by atoms with Crippen molar-refractivity contribution in [2.45, 2.75) is 0 Å². The highest BCUT2D eigenvalue weighted by Crippen LogP contribution is 2.22. The van der Waals surface area contributed by atoms with Crippen molar-refractivity contribution in [3.8, 4) is 0 Å². The van der Waals surface area contributed by atoms with Crippen LogP contribution in [0.4, 0.5) is 11.4 Å². The van der Waals surface area contributed by atoms with E-state index in [9.17, 15) is 0 Å². The lowest BCUT2D eigenvalue weighted by Crippen LogP contribution is -2.19. The fraction of sp³-hybridized carbons (Fsp3) is 0.250. The smallest absolute Gasteiger partial charge is 0.0576 e. The van der Waals surface area contributed by atoms with E-state index in [1.54, 1.807) is 0 Å². The molecule has 0 spiro atoms. The molecular formula is C8H14N2. The van der Waals surface area contributed by atoms with Crippen molar-refractivity contribution in [1.82, 2.24) is 0 Å². The van der Waals surface area contributed by atoms with Gasteiger partial charge in [0.2, 0.25) is 0 Å². The van der Waals surface area contributed by atoms with Crippen LogP contribution in [0.1, 0.15) is 2.85 Å². The van der Waals surface area contributed by atoms with Gasteiger partial charge in [-0.2, -0.15) is 0 Å². The van der Waals surface area contributed by atoms with Crippen molar-refractivity contribution >= 4 is 11.4 Å². The third-order valence-corrected chi connectivity index (χ3v) is 1.68. The van der Waals surface area contributed by atoms with Gasteiger partial charge >= 0.3 is 0 Å². The summed E-state index contributed by atoms with van der Waals surface area (Å²) in [5.41, 5.74) is 2.43. The van der Waals surface area contributed by atoms with Crippen molar-refractivity contribution < 1.29 is 2.85 Å². The van der Waals surface area contributed by atoms with Gasteiger partial charge in [-0.05, 0) is 12.1 Å². The molecule has 0 atom stereocenters. The molecule has 0 aliphatic carbocycles. The first-order chi connectivity index (χ1) is 4.97. The van der Waals surface area contributed by atoms with Gasteiger partial charge in [0.15, 0.2) is 0 Å². The number of hydrogen-bond donors (Lipinski definition) is 2. The van der Waals surface area contributed by atoms with Crippen molar-refractivity contribution in [1.29, 1.82) is 0 Å². The van der Waals surface area contributed by atoms with Crippen LogP contribution in [0.3, 0.4) is 0 Å². The number of rotatable bonds is 0. The normalized spacial score (nSPS) is 14.8. The molecule has 1 aliphatic rings. The van der Waals surface area contributed by atoms with E-state index < -0.39 is 0 Å². The summed E-state index contributed by atoms with van der Waals surface area (Å²) in [6.45, 7) is 2.05. The zero-order chi connectivity index (χ0) is 6.81. The van der Waals surface area contributed by atoms with Crippen LogP contribution in [0.5, 0.6) is 0 Å². The summed E-state index contributed by atoms with van der Waals surface area (Å²) in [5.74, 6) is 0. The maximum absolute atomic E-state index is 3.30. The van der Waals surface area contributed by atoms with Crippen LogP contribution in [0.15, 0.2) is 24.3 Å². The number of nitrogens with one attached hydrogen (secondary N) is 2. The molecule has 1 aromatic rings. The molecule has 0 saturated carbocycles. The first kappa shape index (κ1) is 5.59. The van der Waals surface area contributed by atoms with E-state index in [-0.39, 0.29) is 2.85 Å². The van der Waals surface area contributed by atoms with Crippen LogP contribution < -0.4 is 10.6 Å². The minimum Gasteiger partial charge on any atom is -0.382 e. The summed E-state index contributed by atoms with van der Waals surface area (Å²) >= 11 is 0. The summed E-state index contributed by atoms with van der Waals surface area (Å²) in [4.78, 5) is 0. The van der Waals surface area contributed by atoms with Gasteiger partial charge in [0, 0.05) is 15.9 Å². The molecule has 1 heterocycles. The minimum atomic E-state index is 0. The highest BCUT2D eigenvalue weighted by Gasteiger charge is 2.03. The van der Waals surface area contributed by atoms with E-state index in [1.165, 1.54) is 11.4 Å². The molecule has 0 bridgehead atoms. The number of fused-ring (bicyclic) bond motifs is 1. The maximum Gasteiger partial charge on any atom is 0.0576 e. The van der Waals surface area contributed by atoms with E-state index in [2.05, 4.69) is 22.8 Å². The molecule has 56 valence electrons. The highest BCUT2D eigenvalue weighted by atomic mass is 15.0.